The van der Waals surface area contributed by atoms with E-state index in [0.717, 1.165) is 5.56 Å². The molecule has 0 saturated carbocycles. The van der Waals surface area contributed by atoms with Crippen LogP contribution in [-0.4, -0.2) is 30.4 Å². The fraction of sp³-hybridized carbons (Fsp3) is 0.100. The Balaban J connectivity index is 1.96. The van der Waals surface area contributed by atoms with Crippen molar-refractivity contribution < 1.29 is 18.7 Å². The topological polar surface area (TPSA) is 46.6 Å². The van der Waals surface area contributed by atoms with Gasteiger partial charge in [-0.2, -0.15) is 0 Å². The second-order valence-corrected chi connectivity index (χ2v) is 6.56. The Morgan fingerprint density at radius 2 is 1.96 bits per heavy atom. The molecule has 2 aromatic carbocycles. The highest BCUT2D eigenvalue weighted by molar-refractivity contribution is 9.10. The van der Waals surface area contributed by atoms with Crippen LogP contribution in [-0.2, 0) is 9.53 Å². The first kappa shape index (κ1) is 18.1. The SMILES string of the molecule is C=C1c2ccccc2C(=O)N1C/C(=C\c1ccc(F)cc1Br)C(=O)OC. The maximum absolute atomic E-state index is 13.3. The van der Waals surface area contributed by atoms with E-state index < -0.39 is 11.8 Å². The standard InChI is InChI=1S/C20H15BrFNO3/c1-12-16-5-3-4-6-17(16)19(24)23(12)11-14(20(25)26-2)9-13-7-8-15(22)10-18(13)21/h3-10H,1,11H2,2H3/b14-9+. The van der Waals surface area contributed by atoms with Crippen molar-refractivity contribution in [3.8, 4) is 0 Å². The van der Waals surface area contributed by atoms with Gasteiger partial charge in [-0.15, -0.1) is 0 Å². The number of carbonyl (C=O) groups is 2. The van der Waals surface area contributed by atoms with Crippen molar-refractivity contribution in [2.75, 3.05) is 13.7 Å². The summed E-state index contributed by atoms with van der Waals surface area (Å²) in [7, 11) is 1.27. The van der Waals surface area contributed by atoms with E-state index in [0.29, 0.717) is 21.3 Å². The Bertz CT molecular complexity index is 917. The highest BCUT2D eigenvalue weighted by atomic mass is 79.9. The van der Waals surface area contributed by atoms with Gasteiger partial charge in [0.2, 0.25) is 0 Å². The van der Waals surface area contributed by atoms with E-state index in [1.807, 2.05) is 12.1 Å². The summed E-state index contributed by atoms with van der Waals surface area (Å²) in [4.78, 5) is 26.3. The predicted molar refractivity (Wildman–Crippen MR) is 101 cm³/mol. The molecule has 1 amide bonds. The summed E-state index contributed by atoms with van der Waals surface area (Å²) in [6.45, 7) is 3.97. The number of ether oxygens (including phenoxy) is 1. The van der Waals surface area contributed by atoms with Gasteiger partial charge < -0.3 is 9.64 Å². The van der Waals surface area contributed by atoms with Crippen molar-refractivity contribution in [1.82, 2.24) is 4.90 Å². The first-order valence-corrected chi connectivity index (χ1v) is 8.55. The quantitative estimate of drug-likeness (QED) is 0.553. The van der Waals surface area contributed by atoms with Crippen LogP contribution in [0.15, 0.2) is 59.1 Å². The van der Waals surface area contributed by atoms with E-state index in [1.165, 1.54) is 30.2 Å². The van der Waals surface area contributed by atoms with Gasteiger partial charge in [0.25, 0.3) is 5.91 Å². The number of halogens is 2. The third-order valence-corrected chi connectivity index (χ3v) is 4.79. The summed E-state index contributed by atoms with van der Waals surface area (Å²) in [6.07, 6.45) is 1.57. The lowest BCUT2D eigenvalue weighted by Crippen LogP contribution is -2.28. The van der Waals surface area contributed by atoms with Gasteiger partial charge in [-0.1, -0.05) is 46.8 Å². The van der Waals surface area contributed by atoms with Gasteiger partial charge >= 0.3 is 5.97 Å². The molecule has 0 fully saturated rings. The summed E-state index contributed by atoms with van der Waals surface area (Å²) in [5.41, 5.74) is 2.66. The third-order valence-electron chi connectivity index (χ3n) is 4.11. The van der Waals surface area contributed by atoms with Crippen LogP contribution in [0, 0.1) is 5.82 Å². The smallest absolute Gasteiger partial charge is 0.335 e. The number of hydrogen-bond acceptors (Lipinski definition) is 3. The van der Waals surface area contributed by atoms with Crippen LogP contribution >= 0.6 is 15.9 Å². The molecule has 0 bridgehead atoms. The van der Waals surface area contributed by atoms with Gasteiger partial charge in [0.1, 0.15) is 5.82 Å². The fourth-order valence-electron chi connectivity index (χ4n) is 2.78. The van der Waals surface area contributed by atoms with Gasteiger partial charge in [0.15, 0.2) is 0 Å². The Morgan fingerprint density at radius 1 is 1.27 bits per heavy atom. The average molecular weight is 416 g/mol. The van der Waals surface area contributed by atoms with Crippen LogP contribution < -0.4 is 0 Å². The number of amides is 1. The third kappa shape index (κ3) is 3.32. The first-order valence-electron chi connectivity index (χ1n) is 7.76. The molecule has 0 atom stereocenters. The van der Waals surface area contributed by atoms with E-state index in [9.17, 15) is 14.0 Å². The molecule has 26 heavy (non-hydrogen) atoms. The Labute approximate surface area is 158 Å². The van der Waals surface area contributed by atoms with E-state index in [2.05, 4.69) is 22.5 Å². The largest absolute Gasteiger partial charge is 0.466 e. The minimum Gasteiger partial charge on any atom is -0.466 e. The highest BCUT2D eigenvalue weighted by Gasteiger charge is 2.32. The molecule has 4 nitrogen and oxygen atoms in total. The molecular weight excluding hydrogens is 401 g/mol. The number of methoxy groups -OCH3 is 1. The van der Waals surface area contributed by atoms with E-state index in [4.69, 9.17) is 4.74 Å². The first-order chi connectivity index (χ1) is 12.4. The number of rotatable bonds is 4. The number of benzene rings is 2. The zero-order chi connectivity index (χ0) is 18.8. The lowest BCUT2D eigenvalue weighted by molar-refractivity contribution is -0.136. The van der Waals surface area contributed by atoms with Crippen LogP contribution in [0.5, 0.6) is 0 Å². The fourth-order valence-corrected chi connectivity index (χ4v) is 3.24. The van der Waals surface area contributed by atoms with E-state index in [1.54, 1.807) is 18.2 Å². The molecule has 0 unspecified atom stereocenters. The summed E-state index contributed by atoms with van der Waals surface area (Å²) in [6, 6.07) is 11.3. The molecule has 1 aliphatic heterocycles. The van der Waals surface area contributed by atoms with Crippen LogP contribution in [0.25, 0.3) is 11.8 Å². The lowest BCUT2D eigenvalue weighted by Gasteiger charge is -2.18. The Morgan fingerprint density at radius 3 is 2.58 bits per heavy atom. The van der Waals surface area contributed by atoms with Gasteiger partial charge in [0, 0.05) is 21.3 Å². The predicted octanol–water partition coefficient (Wildman–Crippen LogP) is 4.27. The summed E-state index contributed by atoms with van der Waals surface area (Å²) >= 11 is 3.27. The second kappa shape index (κ2) is 7.25. The van der Waals surface area contributed by atoms with Crippen molar-refractivity contribution in [2.45, 2.75) is 0 Å². The normalized spacial score (nSPS) is 13.8. The average Bonchev–Trinajstić information content (AvgIpc) is 2.87. The van der Waals surface area contributed by atoms with Crippen molar-refractivity contribution in [2.24, 2.45) is 0 Å². The molecule has 0 spiro atoms. The monoisotopic (exact) mass is 415 g/mol. The van der Waals surface area contributed by atoms with E-state index in [-0.39, 0.29) is 18.0 Å². The second-order valence-electron chi connectivity index (χ2n) is 5.71. The minimum absolute atomic E-state index is 0.00281. The van der Waals surface area contributed by atoms with Crippen LogP contribution in [0.2, 0.25) is 0 Å². The zero-order valence-corrected chi connectivity index (χ0v) is 15.5. The van der Waals surface area contributed by atoms with Crippen LogP contribution in [0.1, 0.15) is 21.5 Å². The van der Waals surface area contributed by atoms with Crippen molar-refractivity contribution >= 4 is 39.6 Å². The van der Waals surface area contributed by atoms with Gasteiger partial charge in [0.05, 0.1) is 19.2 Å². The number of nitrogens with zero attached hydrogens (tertiary/aromatic N) is 1. The summed E-state index contributed by atoms with van der Waals surface area (Å²) < 4.78 is 18.6. The van der Waals surface area contributed by atoms with Crippen molar-refractivity contribution in [3.63, 3.8) is 0 Å². The van der Waals surface area contributed by atoms with Crippen LogP contribution in [0.4, 0.5) is 4.39 Å². The minimum atomic E-state index is -0.571. The number of esters is 1. The van der Waals surface area contributed by atoms with Gasteiger partial charge in [-0.3, -0.25) is 4.79 Å². The van der Waals surface area contributed by atoms with Crippen molar-refractivity contribution in [1.29, 1.82) is 0 Å². The molecule has 6 heteroatoms. The van der Waals surface area contributed by atoms with E-state index >= 15 is 0 Å². The number of hydrogen-bond donors (Lipinski definition) is 0. The molecule has 0 radical (unpaired) electrons. The maximum Gasteiger partial charge on any atom is 0.335 e. The summed E-state index contributed by atoms with van der Waals surface area (Å²) in [5, 5.41) is 0. The molecule has 0 N–H and O–H groups in total. The van der Waals surface area contributed by atoms with Gasteiger partial charge in [-0.25, -0.2) is 9.18 Å². The molecule has 3 rings (SSSR count). The molecule has 0 aliphatic carbocycles. The molecule has 132 valence electrons. The molecule has 1 aliphatic rings. The molecule has 0 saturated heterocycles. The summed E-state index contributed by atoms with van der Waals surface area (Å²) in [5.74, 6) is -1.19. The maximum atomic E-state index is 13.3. The molecule has 2 aromatic rings. The highest BCUT2D eigenvalue weighted by Crippen LogP contribution is 2.32. The van der Waals surface area contributed by atoms with Crippen molar-refractivity contribution in [3.05, 3.63) is 81.6 Å². The molecule has 0 aromatic heterocycles. The molecule has 1 heterocycles. The molecular formula is C20H15BrFNO3. The Hall–Kier alpha value is -2.73. The number of fused-ring (bicyclic) bond motifs is 1. The Kier molecular flexibility index (Phi) is 5.04. The lowest BCUT2D eigenvalue weighted by atomic mass is 10.1. The van der Waals surface area contributed by atoms with Gasteiger partial charge in [-0.05, 0) is 29.8 Å². The van der Waals surface area contributed by atoms with Crippen LogP contribution in [0.3, 0.4) is 0 Å². The zero-order valence-electron chi connectivity index (χ0n) is 14.0. The number of carbonyl (C=O) groups excluding carboxylic acids is 2.